The number of ether oxygens (including phenoxy) is 3. The van der Waals surface area contributed by atoms with Crippen molar-refractivity contribution in [2.75, 3.05) is 57.8 Å². The minimum Gasteiger partial charge on any atom is -0.491 e. The normalized spacial score (nSPS) is 15.6. The zero-order valence-electron chi connectivity index (χ0n) is 24.5. The molecule has 1 aliphatic rings. The number of likely N-dealkylation sites (N-methyl/N-ethyl adjacent to an activating group) is 1. The molecule has 2 aromatic carbocycles. The van der Waals surface area contributed by atoms with Crippen molar-refractivity contribution >= 4 is 42.2 Å². The summed E-state index contributed by atoms with van der Waals surface area (Å²) >= 11 is 0. The lowest BCUT2D eigenvalue weighted by molar-refractivity contribution is -0.119. The van der Waals surface area contributed by atoms with Gasteiger partial charge in [0.25, 0.3) is 0 Å². The van der Waals surface area contributed by atoms with Crippen LogP contribution in [0, 0.1) is 5.82 Å². The highest BCUT2D eigenvalue weighted by Gasteiger charge is 2.13. The number of benzene rings is 2. The van der Waals surface area contributed by atoms with E-state index >= 15 is 0 Å². The van der Waals surface area contributed by atoms with Gasteiger partial charge in [0.15, 0.2) is 0 Å². The minimum absolute atomic E-state index is 0.208. The number of nitrogens with one attached hydrogen (secondary N) is 2. The molecule has 1 aliphatic heterocycles. The van der Waals surface area contributed by atoms with E-state index in [4.69, 9.17) is 14.2 Å². The summed E-state index contributed by atoms with van der Waals surface area (Å²) in [5, 5.41) is 6.29. The summed E-state index contributed by atoms with van der Waals surface area (Å²) in [5.41, 5.74) is 1.16. The molecule has 1 amide bonds. The second-order valence-electron chi connectivity index (χ2n) is 8.54. The van der Waals surface area contributed by atoms with E-state index in [-0.39, 0.29) is 17.5 Å². The number of halogens is 1. The number of hydrogen-bond acceptors (Lipinski definition) is 8. The van der Waals surface area contributed by atoms with Gasteiger partial charge in [0.1, 0.15) is 30.3 Å². The smallest absolute Gasteiger partial charge is 0.231 e. The third-order valence-corrected chi connectivity index (χ3v) is 5.60. The fourth-order valence-corrected chi connectivity index (χ4v) is 3.39. The molecule has 0 saturated carbocycles. The van der Waals surface area contributed by atoms with Crippen LogP contribution in [0.4, 0.5) is 15.8 Å². The number of aliphatic imine (C=N–C) groups is 1. The highest BCUT2D eigenvalue weighted by Crippen LogP contribution is 2.16. The van der Waals surface area contributed by atoms with Crippen LogP contribution in [-0.4, -0.2) is 76.5 Å². The van der Waals surface area contributed by atoms with Crippen molar-refractivity contribution in [3.63, 3.8) is 0 Å². The Kier molecular flexibility index (Phi) is 16.7. The van der Waals surface area contributed by atoms with Gasteiger partial charge in [-0.05, 0) is 56.4 Å². The molecule has 10 heteroatoms. The van der Waals surface area contributed by atoms with Crippen molar-refractivity contribution in [3.05, 3.63) is 52.7 Å². The van der Waals surface area contributed by atoms with Crippen LogP contribution in [0.5, 0.6) is 5.75 Å². The fourth-order valence-electron chi connectivity index (χ4n) is 3.39. The zero-order valence-corrected chi connectivity index (χ0v) is 24.5. The van der Waals surface area contributed by atoms with Gasteiger partial charge in [0.2, 0.25) is 5.91 Å². The zero-order chi connectivity index (χ0) is 29.9. The van der Waals surface area contributed by atoms with Crippen LogP contribution in [-0.2, 0) is 19.1 Å². The van der Waals surface area contributed by atoms with E-state index in [2.05, 4.69) is 41.1 Å². The third kappa shape index (κ3) is 12.1. The molecule has 1 unspecified atom stereocenters. The summed E-state index contributed by atoms with van der Waals surface area (Å²) in [6, 6.07) is 10.2. The highest BCUT2D eigenvalue weighted by atomic mass is 19.1. The van der Waals surface area contributed by atoms with Gasteiger partial charge in [0, 0.05) is 43.4 Å². The second kappa shape index (κ2) is 19.5. The van der Waals surface area contributed by atoms with Crippen molar-refractivity contribution in [2.24, 2.45) is 4.99 Å². The Bertz CT molecular complexity index is 1180. The summed E-state index contributed by atoms with van der Waals surface area (Å²) < 4.78 is 30.4. The van der Waals surface area contributed by atoms with Crippen molar-refractivity contribution in [1.82, 2.24) is 4.90 Å². The van der Waals surface area contributed by atoms with Crippen LogP contribution >= 0.6 is 0 Å². The first-order valence-corrected chi connectivity index (χ1v) is 13.3. The van der Waals surface area contributed by atoms with Crippen LogP contribution in [0.3, 0.4) is 0 Å². The molecular weight excluding hydrogens is 515 g/mol. The number of anilines is 2. The molecule has 0 bridgehead atoms. The van der Waals surface area contributed by atoms with Gasteiger partial charge in [0.05, 0.1) is 31.5 Å². The Balaban J connectivity index is 0.000000675. The molecule has 0 spiro atoms. The molecular formula is C30H43FN4O5. The molecule has 0 aliphatic carbocycles. The van der Waals surface area contributed by atoms with Crippen molar-refractivity contribution < 1.29 is 28.2 Å². The predicted molar refractivity (Wildman–Crippen MR) is 160 cm³/mol. The molecule has 1 fully saturated rings. The van der Waals surface area contributed by atoms with E-state index < -0.39 is 11.7 Å². The summed E-state index contributed by atoms with van der Waals surface area (Å²) in [7, 11) is 3.69. The molecule has 1 saturated heterocycles. The van der Waals surface area contributed by atoms with Crippen LogP contribution in [0.1, 0.15) is 34.1 Å². The number of carbonyl (C=O) groups is 2. The molecule has 9 nitrogen and oxygen atoms in total. The number of carbonyl (C=O) groups excluding carboxylic acids is 2. The number of nitrogens with zero attached hydrogens (tertiary/aromatic N) is 2. The quantitative estimate of drug-likeness (QED) is 0.199. The maximum absolute atomic E-state index is 14.8. The van der Waals surface area contributed by atoms with Crippen LogP contribution in [0.2, 0.25) is 0 Å². The van der Waals surface area contributed by atoms with E-state index in [0.717, 1.165) is 19.8 Å². The van der Waals surface area contributed by atoms with Gasteiger partial charge in [-0.2, -0.15) is 0 Å². The molecule has 0 radical (unpaired) electrons. The average molecular weight is 559 g/mol. The topological polar surface area (TPSA) is 101 Å². The lowest BCUT2D eigenvalue weighted by atomic mass is 10.2. The molecule has 40 heavy (non-hydrogen) atoms. The summed E-state index contributed by atoms with van der Waals surface area (Å²) in [5.74, 6) is -0.291. The van der Waals surface area contributed by atoms with Crippen LogP contribution in [0.25, 0.3) is 12.4 Å². The number of aldehydes is 1. The van der Waals surface area contributed by atoms with Gasteiger partial charge < -0.3 is 29.6 Å². The van der Waals surface area contributed by atoms with Gasteiger partial charge in [-0.25, -0.2) is 9.38 Å². The SMILES string of the molecule is C=c1cc(OCCOC)cc(F)/c1=C(/N=C\C)Nc1ccc(NC(=O)CC=O)cc1.CC.CC1COCCN1C. The van der Waals surface area contributed by atoms with E-state index in [1.54, 1.807) is 44.4 Å². The number of rotatable bonds is 10. The minimum atomic E-state index is -0.527. The number of methoxy groups -OCH3 is 1. The number of amides is 1. The van der Waals surface area contributed by atoms with E-state index in [9.17, 15) is 14.0 Å². The lowest BCUT2D eigenvalue weighted by Gasteiger charge is -2.29. The van der Waals surface area contributed by atoms with Crippen molar-refractivity contribution in [2.45, 2.75) is 40.2 Å². The summed E-state index contributed by atoms with van der Waals surface area (Å²) in [6.45, 7) is 15.4. The monoisotopic (exact) mass is 558 g/mol. The van der Waals surface area contributed by atoms with Gasteiger partial charge >= 0.3 is 0 Å². The maximum atomic E-state index is 14.8. The van der Waals surface area contributed by atoms with Crippen molar-refractivity contribution in [3.8, 4) is 5.75 Å². The van der Waals surface area contributed by atoms with Gasteiger partial charge in [-0.15, -0.1) is 0 Å². The molecule has 3 rings (SSSR count). The summed E-state index contributed by atoms with van der Waals surface area (Å²) in [4.78, 5) is 28.4. The second-order valence-corrected chi connectivity index (χ2v) is 8.54. The lowest BCUT2D eigenvalue weighted by Crippen LogP contribution is -2.40. The molecule has 2 N–H and O–H groups in total. The van der Waals surface area contributed by atoms with Gasteiger partial charge in [-0.1, -0.05) is 20.4 Å². The number of morpholine rings is 1. The first-order valence-electron chi connectivity index (χ1n) is 13.3. The Morgan fingerprint density at radius 2 is 1.85 bits per heavy atom. The third-order valence-electron chi connectivity index (χ3n) is 5.60. The first-order chi connectivity index (χ1) is 19.3. The maximum Gasteiger partial charge on any atom is 0.231 e. The highest BCUT2D eigenvalue weighted by molar-refractivity contribution is 5.98. The predicted octanol–water partition coefficient (Wildman–Crippen LogP) is 3.42. The largest absolute Gasteiger partial charge is 0.491 e. The fraction of sp³-hybridized carbons (Fsp3) is 0.433. The molecule has 220 valence electrons. The molecule has 1 atom stereocenters. The van der Waals surface area contributed by atoms with E-state index in [1.807, 2.05) is 13.8 Å². The van der Waals surface area contributed by atoms with Crippen molar-refractivity contribution in [1.29, 1.82) is 0 Å². The first kappa shape index (κ1) is 34.4. The van der Waals surface area contributed by atoms with Gasteiger partial charge in [-0.3, -0.25) is 9.69 Å². The van der Waals surface area contributed by atoms with Crippen LogP contribution in [0.15, 0.2) is 41.4 Å². The molecule has 2 aromatic rings. The summed E-state index contributed by atoms with van der Waals surface area (Å²) in [6.07, 6.45) is 1.87. The molecule has 0 aromatic heterocycles. The Labute approximate surface area is 236 Å². The number of hydrogen-bond donors (Lipinski definition) is 2. The van der Waals surface area contributed by atoms with Crippen LogP contribution < -0.4 is 25.8 Å². The average Bonchev–Trinajstić information content (AvgIpc) is 2.93. The van der Waals surface area contributed by atoms with E-state index in [1.165, 1.54) is 12.3 Å². The standard InChI is InChI=1S/C22H24FN3O4.C6H13NO.C2H6/c1-4-24-22(21-15(2)13-18(14-19(21)23)30-12-11-29-3)26-17-7-5-16(6-8-17)25-20(28)9-10-27;1-6-5-8-4-3-7(6)2;1-2/h4-8,10,13-14,26H,2,9,11-12H2,1,3H3,(H,25,28);6H,3-5H2,1-2H3;1-2H3/b22-21-,24-4-;;. The molecule has 1 heterocycles. The Morgan fingerprint density at radius 1 is 1.20 bits per heavy atom. The van der Waals surface area contributed by atoms with E-state index in [0.29, 0.717) is 47.9 Å². The Morgan fingerprint density at radius 3 is 2.35 bits per heavy atom. The Hall–Kier alpha value is -3.60.